The summed E-state index contributed by atoms with van der Waals surface area (Å²) in [6, 6.07) is 4.98. The standard InChI is InChI=1S/C22H25N3O5/c1-22(2,3)30-21(29)24-10-14(11-24)8-13-4-5-16-15(9-13)12-25(20(16)28)17-6-7-18(26)23-19(17)27/h4-5,8-9,17H,6-7,10-12H2,1-3H3,(H,23,26,27). The van der Waals surface area contributed by atoms with Crippen LogP contribution < -0.4 is 5.32 Å². The third kappa shape index (κ3) is 3.94. The minimum absolute atomic E-state index is 0.182. The minimum atomic E-state index is -0.613. The largest absolute Gasteiger partial charge is 0.444 e. The van der Waals surface area contributed by atoms with Crippen LogP contribution in [0.25, 0.3) is 6.08 Å². The fourth-order valence-electron chi connectivity index (χ4n) is 3.91. The Kier molecular flexibility index (Phi) is 4.88. The Labute approximate surface area is 174 Å². The molecule has 30 heavy (non-hydrogen) atoms. The Hall–Kier alpha value is -3.16. The summed E-state index contributed by atoms with van der Waals surface area (Å²) in [5.41, 5.74) is 2.99. The normalized spacial score (nSPS) is 21.2. The monoisotopic (exact) mass is 411 g/mol. The lowest BCUT2D eigenvalue weighted by Gasteiger charge is -2.35. The molecule has 2 fully saturated rings. The third-order valence-electron chi connectivity index (χ3n) is 5.36. The number of benzene rings is 1. The summed E-state index contributed by atoms with van der Waals surface area (Å²) < 4.78 is 5.36. The number of nitrogens with zero attached hydrogens (tertiary/aromatic N) is 2. The van der Waals surface area contributed by atoms with Gasteiger partial charge in [-0.3, -0.25) is 19.7 Å². The Morgan fingerprint density at radius 1 is 1.17 bits per heavy atom. The highest BCUT2D eigenvalue weighted by atomic mass is 16.6. The Morgan fingerprint density at radius 2 is 1.90 bits per heavy atom. The number of carbonyl (C=O) groups excluding carboxylic acids is 4. The molecule has 1 N–H and O–H groups in total. The van der Waals surface area contributed by atoms with Crippen molar-refractivity contribution in [2.24, 2.45) is 0 Å². The van der Waals surface area contributed by atoms with Crippen molar-refractivity contribution in [1.82, 2.24) is 15.1 Å². The van der Waals surface area contributed by atoms with Gasteiger partial charge in [0.05, 0.1) is 0 Å². The zero-order valence-corrected chi connectivity index (χ0v) is 17.4. The zero-order valence-electron chi connectivity index (χ0n) is 17.4. The molecule has 3 heterocycles. The van der Waals surface area contributed by atoms with Gasteiger partial charge in [-0.25, -0.2) is 4.79 Å². The lowest BCUT2D eigenvalue weighted by Crippen LogP contribution is -2.52. The number of piperidine rings is 1. The first-order valence-corrected chi connectivity index (χ1v) is 10.1. The molecule has 8 heteroatoms. The summed E-state index contributed by atoms with van der Waals surface area (Å²) in [7, 11) is 0. The van der Waals surface area contributed by atoms with Crippen LogP contribution in [0.2, 0.25) is 0 Å². The van der Waals surface area contributed by atoms with Gasteiger partial charge >= 0.3 is 6.09 Å². The molecule has 4 amide bonds. The fourth-order valence-corrected chi connectivity index (χ4v) is 3.91. The number of hydrogen-bond acceptors (Lipinski definition) is 5. The highest BCUT2D eigenvalue weighted by molar-refractivity contribution is 6.05. The second-order valence-electron chi connectivity index (χ2n) is 8.96. The molecule has 0 bridgehead atoms. The van der Waals surface area contributed by atoms with Crippen molar-refractivity contribution in [3.8, 4) is 0 Å². The van der Waals surface area contributed by atoms with Gasteiger partial charge in [0.15, 0.2) is 0 Å². The predicted molar refractivity (Wildman–Crippen MR) is 108 cm³/mol. The van der Waals surface area contributed by atoms with Crippen LogP contribution in [0.4, 0.5) is 4.79 Å². The number of likely N-dealkylation sites (tertiary alicyclic amines) is 1. The van der Waals surface area contributed by atoms with Crippen molar-refractivity contribution < 1.29 is 23.9 Å². The molecule has 158 valence electrons. The number of hydrogen-bond donors (Lipinski definition) is 1. The molecule has 0 aliphatic carbocycles. The summed E-state index contributed by atoms with van der Waals surface area (Å²) in [6.07, 6.45) is 2.28. The molecular formula is C22H25N3O5. The quantitative estimate of drug-likeness (QED) is 0.752. The summed E-state index contributed by atoms with van der Waals surface area (Å²) in [6.45, 7) is 6.91. The maximum atomic E-state index is 12.7. The first-order valence-electron chi connectivity index (χ1n) is 10.1. The molecule has 1 aromatic carbocycles. The minimum Gasteiger partial charge on any atom is -0.444 e. The van der Waals surface area contributed by atoms with Crippen molar-refractivity contribution in [2.75, 3.05) is 13.1 Å². The number of imide groups is 1. The SMILES string of the molecule is CC(C)(C)OC(=O)N1CC(=Cc2ccc3c(c2)CN(C2CCC(=O)NC2=O)C3=O)C1. The Bertz CT molecular complexity index is 967. The molecule has 0 aromatic heterocycles. The van der Waals surface area contributed by atoms with Gasteiger partial charge in [-0.2, -0.15) is 0 Å². The van der Waals surface area contributed by atoms with Crippen molar-refractivity contribution in [2.45, 2.75) is 51.8 Å². The second-order valence-corrected chi connectivity index (χ2v) is 8.96. The van der Waals surface area contributed by atoms with E-state index in [-0.39, 0.29) is 24.3 Å². The van der Waals surface area contributed by atoms with E-state index in [4.69, 9.17) is 4.74 Å². The number of rotatable bonds is 2. The average Bonchev–Trinajstić information content (AvgIpc) is 2.92. The molecule has 4 rings (SSSR count). The molecule has 1 aromatic rings. The van der Waals surface area contributed by atoms with E-state index in [0.717, 1.165) is 16.7 Å². The Morgan fingerprint density at radius 3 is 2.57 bits per heavy atom. The van der Waals surface area contributed by atoms with Crippen molar-refractivity contribution >= 4 is 29.9 Å². The van der Waals surface area contributed by atoms with Crippen LogP contribution in [0, 0.1) is 0 Å². The van der Waals surface area contributed by atoms with Gasteiger partial charge in [-0.05, 0) is 56.0 Å². The first-order chi connectivity index (χ1) is 14.1. The number of fused-ring (bicyclic) bond motifs is 1. The van der Waals surface area contributed by atoms with E-state index in [0.29, 0.717) is 31.6 Å². The molecule has 3 aliphatic heterocycles. The predicted octanol–water partition coefficient (Wildman–Crippen LogP) is 2.08. The van der Waals surface area contributed by atoms with Crippen LogP contribution in [-0.4, -0.2) is 58.3 Å². The highest BCUT2D eigenvalue weighted by Gasteiger charge is 2.39. The average molecular weight is 411 g/mol. The number of amides is 4. The molecule has 0 spiro atoms. The van der Waals surface area contributed by atoms with E-state index in [2.05, 4.69) is 5.32 Å². The molecular weight excluding hydrogens is 386 g/mol. The summed E-state index contributed by atoms with van der Waals surface area (Å²) >= 11 is 0. The summed E-state index contributed by atoms with van der Waals surface area (Å²) in [5.74, 6) is -0.889. The van der Waals surface area contributed by atoms with Crippen LogP contribution >= 0.6 is 0 Å². The highest BCUT2D eigenvalue weighted by Crippen LogP contribution is 2.29. The lowest BCUT2D eigenvalue weighted by molar-refractivity contribution is -0.136. The molecule has 3 aliphatic rings. The molecule has 0 saturated carbocycles. The topological polar surface area (TPSA) is 96.0 Å². The number of nitrogens with one attached hydrogen (secondary N) is 1. The third-order valence-corrected chi connectivity index (χ3v) is 5.36. The van der Waals surface area contributed by atoms with Gasteiger partial charge in [0.1, 0.15) is 11.6 Å². The Balaban J connectivity index is 1.42. The van der Waals surface area contributed by atoms with E-state index >= 15 is 0 Å². The van der Waals surface area contributed by atoms with Gasteiger partial charge in [-0.15, -0.1) is 0 Å². The van der Waals surface area contributed by atoms with Crippen LogP contribution in [0.1, 0.15) is 55.1 Å². The van der Waals surface area contributed by atoms with Crippen LogP contribution in [0.15, 0.2) is 23.8 Å². The van der Waals surface area contributed by atoms with Crippen molar-refractivity contribution in [3.63, 3.8) is 0 Å². The molecule has 0 radical (unpaired) electrons. The zero-order chi connectivity index (χ0) is 21.6. The van der Waals surface area contributed by atoms with Gasteiger partial charge in [-0.1, -0.05) is 12.1 Å². The first kappa shape index (κ1) is 20.1. The smallest absolute Gasteiger partial charge is 0.410 e. The number of ether oxygens (including phenoxy) is 1. The van der Waals surface area contributed by atoms with E-state index in [1.165, 1.54) is 4.90 Å². The van der Waals surface area contributed by atoms with Crippen LogP contribution in [0.3, 0.4) is 0 Å². The fraction of sp³-hybridized carbons (Fsp3) is 0.455. The van der Waals surface area contributed by atoms with Crippen LogP contribution in [0.5, 0.6) is 0 Å². The van der Waals surface area contributed by atoms with Gasteiger partial charge < -0.3 is 14.5 Å². The molecule has 1 atom stereocenters. The maximum absolute atomic E-state index is 12.7. The van der Waals surface area contributed by atoms with Gasteiger partial charge in [0.25, 0.3) is 5.91 Å². The van der Waals surface area contributed by atoms with E-state index in [1.807, 2.05) is 39.0 Å². The maximum Gasteiger partial charge on any atom is 0.410 e. The summed E-state index contributed by atoms with van der Waals surface area (Å²) in [5, 5.41) is 2.31. The van der Waals surface area contributed by atoms with E-state index in [9.17, 15) is 19.2 Å². The van der Waals surface area contributed by atoms with Crippen molar-refractivity contribution in [1.29, 1.82) is 0 Å². The molecule has 8 nitrogen and oxygen atoms in total. The van der Waals surface area contributed by atoms with Gasteiger partial charge in [0.2, 0.25) is 11.8 Å². The van der Waals surface area contributed by atoms with E-state index in [1.54, 1.807) is 11.0 Å². The van der Waals surface area contributed by atoms with E-state index < -0.39 is 17.6 Å². The molecule has 2 saturated heterocycles. The lowest BCUT2D eigenvalue weighted by atomic mass is 10.0. The number of carbonyl (C=O) groups is 4. The summed E-state index contributed by atoms with van der Waals surface area (Å²) in [4.78, 5) is 51.5. The second kappa shape index (κ2) is 7.27. The molecule has 1 unspecified atom stereocenters. The van der Waals surface area contributed by atoms with Gasteiger partial charge in [0, 0.05) is 31.6 Å². The van der Waals surface area contributed by atoms with Crippen molar-refractivity contribution in [3.05, 3.63) is 40.5 Å². The van der Waals surface area contributed by atoms with Crippen LogP contribution in [-0.2, 0) is 20.9 Å².